The zero-order valence-electron chi connectivity index (χ0n) is 12.7. The molecule has 0 spiro atoms. The molecule has 0 fully saturated rings. The van der Waals surface area contributed by atoms with E-state index in [9.17, 15) is 0 Å². The molecule has 112 valence electrons. The van der Waals surface area contributed by atoms with Gasteiger partial charge in [-0.2, -0.15) is 0 Å². The van der Waals surface area contributed by atoms with E-state index in [1.165, 1.54) is 22.3 Å². The van der Waals surface area contributed by atoms with Crippen LogP contribution in [-0.2, 0) is 6.42 Å². The maximum Gasteiger partial charge on any atom is 0.0456 e. The van der Waals surface area contributed by atoms with E-state index in [1.54, 1.807) is 6.07 Å². The fourth-order valence-corrected chi connectivity index (χ4v) is 3.49. The molecule has 3 heteroatoms. The number of hydrogen-bond donors (Lipinski definition) is 1. The predicted molar refractivity (Wildman–Crippen MR) is 92.6 cm³/mol. The Morgan fingerprint density at radius 1 is 1.00 bits per heavy atom. The van der Waals surface area contributed by atoms with Crippen molar-refractivity contribution in [2.75, 3.05) is 6.54 Å². The third-order valence-electron chi connectivity index (χ3n) is 3.98. The van der Waals surface area contributed by atoms with Crippen LogP contribution in [0.25, 0.3) is 0 Å². The molecule has 0 aliphatic heterocycles. The van der Waals surface area contributed by atoms with Gasteiger partial charge in [0.25, 0.3) is 0 Å². The van der Waals surface area contributed by atoms with E-state index in [2.05, 4.69) is 32.9 Å². The summed E-state index contributed by atoms with van der Waals surface area (Å²) >= 11 is 12.3. The van der Waals surface area contributed by atoms with E-state index in [0.29, 0.717) is 16.6 Å². The molecule has 0 bridgehead atoms. The van der Waals surface area contributed by atoms with E-state index >= 15 is 0 Å². The van der Waals surface area contributed by atoms with Crippen molar-refractivity contribution < 1.29 is 0 Å². The van der Waals surface area contributed by atoms with E-state index in [0.717, 1.165) is 12.0 Å². The molecule has 1 atom stereocenters. The first kappa shape index (κ1) is 16.4. The summed E-state index contributed by atoms with van der Waals surface area (Å²) in [5.41, 5.74) is 12.4. The van der Waals surface area contributed by atoms with Crippen LogP contribution in [0.2, 0.25) is 10.0 Å². The van der Waals surface area contributed by atoms with Gasteiger partial charge in [-0.1, -0.05) is 47.0 Å². The minimum Gasteiger partial charge on any atom is -0.330 e. The highest BCUT2D eigenvalue weighted by Crippen LogP contribution is 2.31. The van der Waals surface area contributed by atoms with Crippen LogP contribution in [0.4, 0.5) is 0 Å². The molecule has 2 aromatic carbocycles. The second kappa shape index (κ2) is 6.83. The molecule has 1 nitrogen and oxygen atoms in total. The quantitative estimate of drug-likeness (QED) is 0.822. The summed E-state index contributed by atoms with van der Waals surface area (Å²) in [4.78, 5) is 0. The van der Waals surface area contributed by atoms with Crippen LogP contribution in [-0.4, -0.2) is 6.54 Å². The van der Waals surface area contributed by atoms with Crippen molar-refractivity contribution in [3.63, 3.8) is 0 Å². The smallest absolute Gasteiger partial charge is 0.0456 e. The Morgan fingerprint density at radius 2 is 1.62 bits per heavy atom. The summed E-state index contributed by atoms with van der Waals surface area (Å²) in [6.07, 6.45) is 0.899. The largest absolute Gasteiger partial charge is 0.330 e. The fourth-order valence-electron chi connectivity index (χ4n) is 2.93. The third kappa shape index (κ3) is 3.79. The van der Waals surface area contributed by atoms with Crippen LogP contribution >= 0.6 is 23.2 Å². The Kier molecular flexibility index (Phi) is 5.32. The summed E-state index contributed by atoms with van der Waals surface area (Å²) in [6, 6.07) is 10.1. The first-order valence-corrected chi connectivity index (χ1v) is 7.89. The van der Waals surface area contributed by atoms with Gasteiger partial charge in [-0.15, -0.1) is 0 Å². The number of rotatable bonds is 4. The second-order valence-corrected chi connectivity index (χ2v) is 6.52. The zero-order valence-corrected chi connectivity index (χ0v) is 14.2. The highest BCUT2D eigenvalue weighted by molar-refractivity contribution is 6.35. The van der Waals surface area contributed by atoms with Crippen molar-refractivity contribution in [1.29, 1.82) is 0 Å². The van der Waals surface area contributed by atoms with Crippen molar-refractivity contribution >= 4 is 23.2 Å². The maximum atomic E-state index is 6.33. The normalized spacial score (nSPS) is 12.5. The molecule has 2 aromatic rings. The molecule has 21 heavy (non-hydrogen) atoms. The van der Waals surface area contributed by atoms with Crippen molar-refractivity contribution in [3.05, 3.63) is 68.2 Å². The lowest BCUT2D eigenvalue weighted by molar-refractivity contribution is 0.689. The molecular formula is C18H21Cl2N. The van der Waals surface area contributed by atoms with Gasteiger partial charge in [0.2, 0.25) is 0 Å². The first-order valence-electron chi connectivity index (χ1n) is 7.14. The van der Waals surface area contributed by atoms with E-state index in [-0.39, 0.29) is 5.92 Å². The Balaban J connectivity index is 2.36. The number of aryl methyl sites for hydroxylation is 3. The van der Waals surface area contributed by atoms with Gasteiger partial charge < -0.3 is 5.73 Å². The van der Waals surface area contributed by atoms with Gasteiger partial charge in [0.05, 0.1) is 0 Å². The number of nitrogens with two attached hydrogens (primary N) is 1. The zero-order chi connectivity index (χ0) is 15.6. The predicted octanol–water partition coefficient (Wildman–Crippen LogP) is 5.20. The molecular weight excluding hydrogens is 301 g/mol. The standard InChI is InChI=1S/C18H21Cl2N/c1-11-6-12(2)17(13(3)7-11)8-14(10-21)16-5-4-15(19)9-18(16)20/h4-7,9,14H,8,10,21H2,1-3H3. The summed E-state index contributed by atoms with van der Waals surface area (Å²) in [7, 11) is 0. The summed E-state index contributed by atoms with van der Waals surface area (Å²) < 4.78 is 0. The molecule has 0 heterocycles. The molecule has 0 amide bonds. The third-order valence-corrected chi connectivity index (χ3v) is 4.54. The van der Waals surface area contributed by atoms with E-state index in [1.807, 2.05) is 12.1 Å². The van der Waals surface area contributed by atoms with Gasteiger partial charge in [0.1, 0.15) is 0 Å². The monoisotopic (exact) mass is 321 g/mol. The SMILES string of the molecule is Cc1cc(C)c(CC(CN)c2ccc(Cl)cc2Cl)c(C)c1. The van der Waals surface area contributed by atoms with Crippen LogP contribution in [0.15, 0.2) is 30.3 Å². The highest BCUT2D eigenvalue weighted by atomic mass is 35.5. The lowest BCUT2D eigenvalue weighted by Crippen LogP contribution is -2.16. The second-order valence-electron chi connectivity index (χ2n) is 5.68. The van der Waals surface area contributed by atoms with E-state index < -0.39 is 0 Å². The highest BCUT2D eigenvalue weighted by Gasteiger charge is 2.16. The molecule has 0 aliphatic carbocycles. The lowest BCUT2D eigenvalue weighted by Gasteiger charge is -2.20. The number of halogens is 2. The lowest BCUT2D eigenvalue weighted by atomic mass is 9.87. The van der Waals surface area contributed by atoms with Crippen molar-refractivity contribution in [1.82, 2.24) is 0 Å². The first-order chi connectivity index (χ1) is 9.92. The van der Waals surface area contributed by atoms with Crippen LogP contribution in [0.3, 0.4) is 0 Å². The molecule has 0 saturated heterocycles. The molecule has 2 N–H and O–H groups in total. The maximum absolute atomic E-state index is 6.33. The van der Waals surface area contributed by atoms with Gasteiger partial charge in [-0.05, 0) is 68.1 Å². The summed E-state index contributed by atoms with van der Waals surface area (Å²) in [6.45, 7) is 7.01. The Bertz CT molecular complexity index is 627. The Morgan fingerprint density at radius 3 is 2.14 bits per heavy atom. The summed E-state index contributed by atoms with van der Waals surface area (Å²) in [5, 5.41) is 1.35. The number of hydrogen-bond acceptors (Lipinski definition) is 1. The van der Waals surface area contributed by atoms with Gasteiger partial charge in [0, 0.05) is 16.0 Å². The number of benzene rings is 2. The van der Waals surface area contributed by atoms with Crippen molar-refractivity contribution in [2.24, 2.45) is 5.73 Å². The molecule has 0 radical (unpaired) electrons. The molecule has 0 saturated carbocycles. The fraction of sp³-hybridized carbons (Fsp3) is 0.333. The van der Waals surface area contributed by atoms with Crippen molar-refractivity contribution in [3.8, 4) is 0 Å². The minimum atomic E-state index is 0.204. The average molecular weight is 322 g/mol. The minimum absolute atomic E-state index is 0.204. The molecule has 0 aromatic heterocycles. The molecule has 0 aliphatic rings. The van der Waals surface area contributed by atoms with Crippen LogP contribution < -0.4 is 5.73 Å². The van der Waals surface area contributed by atoms with E-state index in [4.69, 9.17) is 28.9 Å². The van der Waals surface area contributed by atoms with Gasteiger partial charge >= 0.3 is 0 Å². The summed E-state index contributed by atoms with van der Waals surface area (Å²) in [5.74, 6) is 0.204. The van der Waals surface area contributed by atoms with Crippen LogP contribution in [0, 0.1) is 20.8 Å². The molecule has 1 unspecified atom stereocenters. The topological polar surface area (TPSA) is 26.0 Å². The van der Waals surface area contributed by atoms with Gasteiger partial charge in [-0.3, -0.25) is 0 Å². The average Bonchev–Trinajstić information content (AvgIpc) is 2.39. The van der Waals surface area contributed by atoms with Crippen molar-refractivity contribution in [2.45, 2.75) is 33.1 Å². The Labute approximate surface area is 137 Å². The van der Waals surface area contributed by atoms with Gasteiger partial charge in [-0.25, -0.2) is 0 Å². The molecule has 2 rings (SSSR count). The Hall–Kier alpha value is -1.02. The van der Waals surface area contributed by atoms with Crippen LogP contribution in [0.5, 0.6) is 0 Å². The van der Waals surface area contributed by atoms with Gasteiger partial charge in [0.15, 0.2) is 0 Å². The van der Waals surface area contributed by atoms with Crippen LogP contribution in [0.1, 0.15) is 33.7 Å².